The molecule has 0 aliphatic carbocycles. The monoisotopic (exact) mass is 270 g/mol. The molecule has 4 rings (SSSR count). The van der Waals surface area contributed by atoms with E-state index in [9.17, 15) is 0 Å². The van der Waals surface area contributed by atoms with Gasteiger partial charge in [0.15, 0.2) is 0 Å². The molecule has 100 valence electrons. The molecule has 0 atom stereocenters. The molecular formula is C19H14N2. The van der Waals surface area contributed by atoms with Gasteiger partial charge in [0.2, 0.25) is 0 Å². The third-order valence-electron chi connectivity index (χ3n) is 3.66. The molecule has 2 aromatic heterocycles. The Hall–Kier alpha value is -2.87. The maximum atomic E-state index is 4.52. The van der Waals surface area contributed by atoms with Crippen LogP contribution in [-0.2, 0) is 0 Å². The summed E-state index contributed by atoms with van der Waals surface area (Å²) in [5, 5.41) is 1.22. The lowest BCUT2D eigenvalue weighted by Gasteiger charge is -2.09. The second-order valence-electron chi connectivity index (χ2n) is 4.98. The Morgan fingerprint density at radius 3 is 2.29 bits per heavy atom. The summed E-state index contributed by atoms with van der Waals surface area (Å²) in [5.74, 6) is 0.942. The van der Waals surface area contributed by atoms with Crippen LogP contribution in [0.5, 0.6) is 0 Å². The fraction of sp³-hybridized carbons (Fsp3) is 0. The van der Waals surface area contributed by atoms with Gasteiger partial charge in [0.25, 0.3) is 0 Å². The first-order valence-electron chi connectivity index (χ1n) is 7.01. The highest BCUT2D eigenvalue weighted by Gasteiger charge is 2.12. The van der Waals surface area contributed by atoms with E-state index in [1.165, 1.54) is 16.5 Å². The molecule has 0 saturated heterocycles. The van der Waals surface area contributed by atoms with Gasteiger partial charge in [0.05, 0.1) is 11.2 Å². The molecule has 4 aromatic rings. The second-order valence-corrected chi connectivity index (χ2v) is 4.98. The molecule has 0 unspecified atom stereocenters. The summed E-state index contributed by atoms with van der Waals surface area (Å²) in [6.45, 7) is 0. The minimum absolute atomic E-state index is 0.942. The van der Waals surface area contributed by atoms with E-state index in [0.29, 0.717) is 0 Å². The number of fused-ring (bicyclic) bond motifs is 1. The van der Waals surface area contributed by atoms with Gasteiger partial charge in [0.1, 0.15) is 5.82 Å². The van der Waals surface area contributed by atoms with E-state index < -0.39 is 0 Å². The quantitative estimate of drug-likeness (QED) is 0.516. The first-order valence-corrected chi connectivity index (χ1v) is 7.01. The molecular weight excluding hydrogens is 256 g/mol. The Balaban J connectivity index is 2.07. The molecule has 2 nitrogen and oxygen atoms in total. The summed E-state index contributed by atoms with van der Waals surface area (Å²) in [6, 6.07) is 27.1. The second kappa shape index (κ2) is 4.91. The van der Waals surface area contributed by atoms with E-state index >= 15 is 0 Å². The van der Waals surface area contributed by atoms with Gasteiger partial charge in [-0.15, -0.1) is 0 Å². The summed E-state index contributed by atoms with van der Waals surface area (Å²) in [7, 11) is 0. The fourth-order valence-electron chi connectivity index (χ4n) is 2.71. The van der Waals surface area contributed by atoms with Crippen LogP contribution in [0, 0.1) is 0 Å². The van der Waals surface area contributed by atoms with E-state index in [0.717, 1.165) is 11.5 Å². The average Bonchev–Trinajstić information content (AvgIpc) is 2.96. The molecule has 0 radical (unpaired) electrons. The molecule has 2 heterocycles. The Morgan fingerprint density at radius 2 is 1.48 bits per heavy atom. The van der Waals surface area contributed by atoms with Crippen molar-refractivity contribution in [1.82, 2.24) is 9.55 Å². The lowest BCUT2D eigenvalue weighted by Crippen LogP contribution is -1.98. The predicted molar refractivity (Wildman–Crippen MR) is 86.5 cm³/mol. The van der Waals surface area contributed by atoms with Crippen molar-refractivity contribution in [2.45, 2.75) is 0 Å². The van der Waals surface area contributed by atoms with Crippen LogP contribution < -0.4 is 0 Å². The summed E-state index contributed by atoms with van der Waals surface area (Å²) in [6.07, 6.45) is 1.83. The zero-order chi connectivity index (χ0) is 14.1. The Labute approximate surface area is 123 Å². The molecule has 0 spiro atoms. The summed E-state index contributed by atoms with van der Waals surface area (Å²) >= 11 is 0. The van der Waals surface area contributed by atoms with E-state index in [1.807, 2.05) is 30.5 Å². The van der Waals surface area contributed by atoms with Crippen LogP contribution in [0.1, 0.15) is 0 Å². The number of aromatic nitrogens is 2. The normalized spacial score (nSPS) is 10.9. The number of rotatable bonds is 2. The zero-order valence-electron chi connectivity index (χ0n) is 11.5. The van der Waals surface area contributed by atoms with Crippen molar-refractivity contribution in [3.05, 3.63) is 85.1 Å². The molecule has 0 aliphatic rings. The molecule has 2 heteroatoms. The van der Waals surface area contributed by atoms with Gasteiger partial charge in [-0.3, -0.25) is 4.57 Å². The summed E-state index contributed by atoms with van der Waals surface area (Å²) in [5.41, 5.74) is 3.53. The smallest absolute Gasteiger partial charge is 0.137 e. The first-order chi connectivity index (χ1) is 10.4. The molecule has 0 amide bonds. The highest BCUT2D eigenvalue weighted by Crippen LogP contribution is 2.30. The number of para-hydroxylation sites is 1. The lowest BCUT2D eigenvalue weighted by atomic mass is 10.1. The molecule has 2 aromatic carbocycles. The number of pyridine rings is 1. The Kier molecular flexibility index (Phi) is 2.79. The summed E-state index contributed by atoms with van der Waals surface area (Å²) in [4.78, 5) is 4.52. The van der Waals surface area contributed by atoms with Gasteiger partial charge >= 0.3 is 0 Å². The van der Waals surface area contributed by atoms with Crippen LogP contribution in [0.3, 0.4) is 0 Å². The molecule has 0 N–H and O–H groups in total. The van der Waals surface area contributed by atoms with Gasteiger partial charge in [-0.05, 0) is 29.8 Å². The third-order valence-corrected chi connectivity index (χ3v) is 3.66. The maximum absolute atomic E-state index is 4.52. The van der Waals surface area contributed by atoms with Gasteiger partial charge in [0, 0.05) is 11.6 Å². The van der Waals surface area contributed by atoms with Crippen LogP contribution in [0.4, 0.5) is 0 Å². The van der Waals surface area contributed by atoms with Crippen molar-refractivity contribution in [3.63, 3.8) is 0 Å². The van der Waals surface area contributed by atoms with Crippen molar-refractivity contribution >= 4 is 10.9 Å². The van der Waals surface area contributed by atoms with Crippen LogP contribution in [0.2, 0.25) is 0 Å². The number of benzene rings is 2. The van der Waals surface area contributed by atoms with Gasteiger partial charge in [-0.2, -0.15) is 0 Å². The first kappa shape index (κ1) is 11.9. The molecule has 0 fully saturated rings. The van der Waals surface area contributed by atoms with Crippen LogP contribution in [-0.4, -0.2) is 9.55 Å². The van der Waals surface area contributed by atoms with Crippen molar-refractivity contribution in [1.29, 1.82) is 0 Å². The van der Waals surface area contributed by atoms with E-state index in [1.54, 1.807) is 0 Å². The zero-order valence-corrected chi connectivity index (χ0v) is 11.5. The number of nitrogens with zero attached hydrogens (tertiary/aromatic N) is 2. The molecule has 0 bridgehead atoms. The van der Waals surface area contributed by atoms with Crippen molar-refractivity contribution in [3.8, 4) is 17.1 Å². The van der Waals surface area contributed by atoms with Crippen molar-refractivity contribution in [2.24, 2.45) is 0 Å². The predicted octanol–water partition coefficient (Wildman–Crippen LogP) is 4.69. The van der Waals surface area contributed by atoms with Crippen LogP contribution >= 0.6 is 0 Å². The van der Waals surface area contributed by atoms with Crippen LogP contribution in [0.15, 0.2) is 85.1 Å². The number of hydrogen-bond acceptors (Lipinski definition) is 1. The fourth-order valence-corrected chi connectivity index (χ4v) is 2.71. The molecule has 0 saturated carbocycles. The Morgan fingerprint density at radius 1 is 0.714 bits per heavy atom. The largest absolute Gasteiger partial charge is 0.294 e. The Bertz CT molecular complexity index is 877. The molecule has 21 heavy (non-hydrogen) atoms. The molecule has 0 aliphatic heterocycles. The van der Waals surface area contributed by atoms with Crippen molar-refractivity contribution in [2.75, 3.05) is 0 Å². The SMILES string of the molecule is c1ccc(-c2cc3ccccc3n2-c2ccccn2)cc1. The highest BCUT2D eigenvalue weighted by molar-refractivity contribution is 5.88. The standard InChI is InChI=1S/C19H14N2/c1-2-8-15(9-3-1)18-14-16-10-4-5-11-17(16)21(18)19-12-6-7-13-20-19/h1-14H. The minimum Gasteiger partial charge on any atom is -0.294 e. The van der Waals surface area contributed by atoms with Gasteiger partial charge in [-0.25, -0.2) is 4.98 Å². The van der Waals surface area contributed by atoms with E-state index in [2.05, 4.69) is 64.1 Å². The minimum atomic E-state index is 0.942. The maximum Gasteiger partial charge on any atom is 0.137 e. The van der Waals surface area contributed by atoms with Gasteiger partial charge < -0.3 is 0 Å². The topological polar surface area (TPSA) is 17.8 Å². The average molecular weight is 270 g/mol. The van der Waals surface area contributed by atoms with Gasteiger partial charge in [-0.1, -0.05) is 54.6 Å². The highest BCUT2D eigenvalue weighted by atomic mass is 15.1. The van der Waals surface area contributed by atoms with E-state index in [-0.39, 0.29) is 0 Å². The van der Waals surface area contributed by atoms with Crippen molar-refractivity contribution < 1.29 is 0 Å². The lowest BCUT2D eigenvalue weighted by molar-refractivity contribution is 1.05. The third kappa shape index (κ3) is 2.01. The number of hydrogen-bond donors (Lipinski definition) is 0. The summed E-state index contributed by atoms with van der Waals surface area (Å²) < 4.78 is 2.21. The van der Waals surface area contributed by atoms with Crippen LogP contribution in [0.25, 0.3) is 28.0 Å². The van der Waals surface area contributed by atoms with E-state index in [4.69, 9.17) is 0 Å².